The molecule has 0 radical (unpaired) electrons. The summed E-state index contributed by atoms with van der Waals surface area (Å²) in [5.74, 6) is -0.906. The number of nitrogens with one attached hydrogen (secondary N) is 1. The number of hydrogen-bond acceptors (Lipinski definition) is 3. The van der Waals surface area contributed by atoms with Gasteiger partial charge in [-0.3, -0.25) is 0 Å². The van der Waals surface area contributed by atoms with Gasteiger partial charge in [0.2, 0.25) is 0 Å². The van der Waals surface area contributed by atoms with Crippen LogP contribution in [-0.2, 0) is 9.53 Å². The standard InChI is InChI=1S/C11H19NO3/c1-3-4-6-15-7-5-12-9-10(2)8-11(13)14/h3,8,12H,1,4-7,9H2,2H3,(H,13,14)/b10-8-. The number of hydrogen-bond donors (Lipinski definition) is 2. The smallest absolute Gasteiger partial charge is 0.328 e. The van der Waals surface area contributed by atoms with Crippen molar-refractivity contribution < 1.29 is 14.6 Å². The molecular formula is C11H19NO3. The van der Waals surface area contributed by atoms with Crippen LogP contribution in [0.1, 0.15) is 13.3 Å². The van der Waals surface area contributed by atoms with E-state index in [-0.39, 0.29) is 0 Å². The third-order valence-corrected chi connectivity index (χ3v) is 1.66. The zero-order valence-electron chi connectivity index (χ0n) is 9.16. The Hall–Kier alpha value is -1.13. The van der Waals surface area contributed by atoms with Gasteiger partial charge in [0.05, 0.1) is 13.2 Å². The van der Waals surface area contributed by atoms with E-state index in [4.69, 9.17) is 9.84 Å². The van der Waals surface area contributed by atoms with Crippen LogP contribution in [0, 0.1) is 0 Å². The van der Waals surface area contributed by atoms with Crippen molar-refractivity contribution in [3.8, 4) is 0 Å². The maximum absolute atomic E-state index is 10.3. The summed E-state index contributed by atoms with van der Waals surface area (Å²) < 4.78 is 5.27. The Morgan fingerprint density at radius 3 is 2.87 bits per heavy atom. The van der Waals surface area contributed by atoms with Crippen molar-refractivity contribution in [2.75, 3.05) is 26.3 Å². The molecule has 4 heteroatoms. The van der Waals surface area contributed by atoms with Crippen molar-refractivity contribution in [1.82, 2.24) is 5.32 Å². The summed E-state index contributed by atoms with van der Waals surface area (Å²) in [5, 5.41) is 11.5. The monoisotopic (exact) mass is 213 g/mol. The minimum Gasteiger partial charge on any atom is -0.478 e. The second kappa shape index (κ2) is 9.43. The molecule has 0 bridgehead atoms. The lowest BCUT2D eigenvalue weighted by Gasteiger charge is -2.05. The molecule has 0 aliphatic heterocycles. The molecule has 0 aromatic carbocycles. The molecule has 0 unspecified atom stereocenters. The van der Waals surface area contributed by atoms with Crippen molar-refractivity contribution >= 4 is 5.97 Å². The Morgan fingerprint density at radius 2 is 2.27 bits per heavy atom. The molecule has 0 spiro atoms. The maximum Gasteiger partial charge on any atom is 0.328 e. The first kappa shape index (κ1) is 13.9. The van der Waals surface area contributed by atoms with E-state index < -0.39 is 5.97 Å². The average Bonchev–Trinajstić information content (AvgIpc) is 2.15. The summed E-state index contributed by atoms with van der Waals surface area (Å²) in [7, 11) is 0. The van der Waals surface area contributed by atoms with Crippen LogP contribution in [0.25, 0.3) is 0 Å². The molecule has 2 N–H and O–H groups in total. The van der Waals surface area contributed by atoms with Crippen molar-refractivity contribution in [1.29, 1.82) is 0 Å². The highest BCUT2D eigenvalue weighted by atomic mass is 16.5. The third-order valence-electron chi connectivity index (χ3n) is 1.66. The van der Waals surface area contributed by atoms with Crippen LogP contribution in [0.15, 0.2) is 24.3 Å². The van der Waals surface area contributed by atoms with Gasteiger partial charge in [-0.1, -0.05) is 11.6 Å². The Bertz CT molecular complexity index is 224. The Balaban J connectivity index is 3.31. The molecule has 15 heavy (non-hydrogen) atoms. The SMILES string of the molecule is C=CCCOCCNC/C(C)=C\C(=O)O. The van der Waals surface area contributed by atoms with Gasteiger partial charge in [0, 0.05) is 19.2 Å². The molecule has 0 heterocycles. The quantitative estimate of drug-likeness (QED) is 0.343. The van der Waals surface area contributed by atoms with E-state index in [1.807, 2.05) is 6.08 Å². The van der Waals surface area contributed by atoms with Gasteiger partial charge in [0.15, 0.2) is 0 Å². The molecule has 0 rings (SSSR count). The van der Waals surface area contributed by atoms with Crippen molar-refractivity contribution in [3.05, 3.63) is 24.3 Å². The highest BCUT2D eigenvalue weighted by Crippen LogP contribution is 1.89. The van der Waals surface area contributed by atoms with Crippen molar-refractivity contribution in [2.45, 2.75) is 13.3 Å². The first-order chi connectivity index (χ1) is 7.16. The highest BCUT2D eigenvalue weighted by molar-refractivity contribution is 5.80. The second-order valence-electron chi connectivity index (χ2n) is 3.20. The third kappa shape index (κ3) is 10.8. The normalized spacial score (nSPS) is 11.4. The first-order valence-corrected chi connectivity index (χ1v) is 4.96. The van der Waals surface area contributed by atoms with Crippen LogP contribution in [0.2, 0.25) is 0 Å². The Labute approximate surface area is 90.6 Å². The van der Waals surface area contributed by atoms with Crippen LogP contribution in [0.4, 0.5) is 0 Å². The summed E-state index contributed by atoms with van der Waals surface area (Å²) in [6, 6.07) is 0. The van der Waals surface area contributed by atoms with Gasteiger partial charge in [0.1, 0.15) is 0 Å². The molecule has 0 saturated heterocycles. The lowest BCUT2D eigenvalue weighted by molar-refractivity contribution is -0.131. The number of carboxylic acid groups (broad SMARTS) is 1. The molecule has 0 aromatic heterocycles. The summed E-state index contributed by atoms with van der Waals surface area (Å²) in [5.41, 5.74) is 0.800. The molecular weight excluding hydrogens is 194 g/mol. The molecule has 0 saturated carbocycles. The van der Waals surface area contributed by atoms with Gasteiger partial charge in [-0.05, 0) is 13.3 Å². The molecule has 86 valence electrons. The van der Waals surface area contributed by atoms with E-state index in [1.54, 1.807) is 6.92 Å². The number of ether oxygens (including phenoxy) is 1. The molecule has 0 atom stereocenters. The average molecular weight is 213 g/mol. The van der Waals surface area contributed by atoms with Crippen LogP contribution in [-0.4, -0.2) is 37.4 Å². The van der Waals surface area contributed by atoms with Crippen molar-refractivity contribution in [2.24, 2.45) is 0 Å². The number of aliphatic carboxylic acids is 1. The lowest BCUT2D eigenvalue weighted by atomic mass is 10.3. The molecule has 0 fully saturated rings. The van der Waals surface area contributed by atoms with E-state index in [0.29, 0.717) is 19.8 Å². The van der Waals surface area contributed by atoms with Gasteiger partial charge in [-0.25, -0.2) is 4.79 Å². The molecule has 0 aromatic rings. The molecule has 0 aliphatic rings. The van der Waals surface area contributed by atoms with Gasteiger partial charge < -0.3 is 15.2 Å². The predicted molar refractivity (Wildman–Crippen MR) is 59.9 cm³/mol. The van der Waals surface area contributed by atoms with E-state index in [0.717, 1.165) is 18.5 Å². The highest BCUT2D eigenvalue weighted by Gasteiger charge is 1.93. The van der Waals surface area contributed by atoms with Gasteiger partial charge >= 0.3 is 5.97 Å². The van der Waals surface area contributed by atoms with Gasteiger partial charge in [-0.2, -0.15) is 0 Å². The zero-order valence-corrected chi connectivity index (χ0v) is 9.16. The van der Waals surface area contributed by atoms with E-state index in [1.165, 1.54) is 6.08 Å². The van der Waals surface area contributed by atoms with Gasteiger partial charge in [-0.15, -0.1) is 6.58 Å². The van der Waals surface area contributed by atoms with Crippen LogP contribution in [0.3, 0.4) is 0 Å². The largest absolute Gasteiger partial charge is 0.478 e. The second-order valence-corrected chi connectivity index (χ2v) is 3.20. The zero-order chi connectivity index (χ0) is 11.5. The topological polar surface area (TPSA) is 58.6 Å². The Kier molecular flexibility index (Phi) is 8.72. The lowest BCUT2D eigenvalue weighted by Crippen LogP contribution is -2.22. The predicted octanol–water partition coefficient (Wildman–Crippen LogP) is 1.20. The maximum atomic E-state index is 10.3. The van der Waals surface area contributed by atoms with Crippen molar-refractivity contribution in [3.63, 3.8) is 0 Å². The van der Waals surface area contributed by atoms with E-state index >= 15 is 0 Å². The number of carbonyl (C=O) groups is 1. The van der Waals surface area contributed by atoms with Gasteiger partial charge in [0.25, 0.3) is 0 Å². The fourth-order valence-electron chi connectivity index (χ4n) is 0.960. The minimum atomic E-state index is -0.906. The molecule has 4 nitrogen and oxygen atoms in total. The van der Waals surface area contributed by atoms with Crippen LogP contribution >= 0.6 is 0 Å². The van der Waals surface area contributed by atoms with Crippen LogP contribution < -0.4 is 5.32 Å². The minimum absolute atomic E-state index is 0.580. The van der Waals surface area contributed by atoms with E-state index in [9.17, 15) is 4.79 Å². The number of carboxylic acids is 1. The first-order valence-electron chi connectivity index (χ1n) is 4.96. The molecule has 0 aliphatic carbocycles. The summed E-state index contributed by atoms with van der Waals surface area (Å²) in [6.45, 7) is 7.99. The van der Waals surface area contributed by atoms with Crippen LogP contribution in [0.5, 0.6) is 0 Å². The summed E-state index contributed by atoms with van der Waals surface area (Å²) >= 11 is 0. The molecule has 0 amide bonds. The fourth-order valence-corrected chi connectivity index (χ4v) is 0.960. The number of rotatable bonds is 9. The summed E-state index contributed by atoms with van der Waals surface area (Å²) in [4.78, 5) is 10.3. The van der Waals surface area contributed by atoms with E-state index in [2.05, 4.69) is 11.9 Å². The fraction of sp³-hybridized carbons (Fsp3) is 0.545. The Morgan fingerprint density at radius 1 is 1.53 bits per heavy atom. The summed E-state index contributed by atoms with van der Waals surface area (Å²) in [6.07, 6.45) is 3.87.